The molecule has 0 aliphatic carbocycles. The molecule has 0 saturated carbocycles. The van der Waals surface area contributed by atoms with E-state index in [1.54, 1.807) is 6.21 Å². The average Bonchev–Trinajstić information content (AvgIpc) is 2.97. The highest BCUT2D eigenvalue weighted by Crippen LogP contribution is 2.21. The van der Waals surface area contributed by atoms with Crippen LogP contribution in [0.25, 0.3) is 0 Å². The first-order valence-corrected chi connectivity index (χ1v) is 8.06. The second kappa shape index (κ2) is 7.11. The molecule has 0 bridgehead atoms. The standard InChI is InChI=1S/C17H15N3O2S/c1-12-2-6-14(7-3-12)22-15-8-4-13(5-9-15)10-18-20-17-19-16(21)11-23-17/h2-10H,11H2,1H3,(H,19,20,21). The highest BCUT2D eigenvalue weighted by molar-refractivity contribution is 8.15. The number of nitrogens with zero attached hydrogens (tertiary/aromatic N) is 2. The highest BCUT2D eigenvalue weighted by atomic mass is 32.2. The fourth-order valence-electron chi connectivity index (χ4n) is 1.89. The Morgan fingerprint density at radius 2 is 1.74 bits per heavy atom. The number of rotatable bonds is 4. The van der Waals surface area contributed by atoms with Crippen molar-refractivity contribution in [2.75, 3.05) is 5.75 Å². The number of hydrogen-bond acceptors (Lipinski definition) is 5. The number of thioether (sulfide) groups is 1. The van der Waals surface area contributed by atoms with Gasteiger partial charge in [0.2, 0.25) is 5.91 Å². The maximum Gasteiger partial charge on any atom is 0.236 e. The molecule has 1 fully saturated rings. The second-order valence-corrected chi connectivity index (χ2v) is 5.93. The molecule has 2 aromatic rings. The van der Waals surface area contributed by atoms with Crippen molar-refractivity contribution >= 4 is 29.1 Å². The normalized spacial score (nSPS) is 16.0. The van der Waals surface area contributed by atoms with E-state index in [2.05, 4.69) is 15.5 Å². The van der Waals surface area contributed by atoms with Crippen LogP contribution in [0.15, 0.2) is 58.7 Å². The predicted octanol–water partition coefficient (Wildman–Crippen LogP) is 3.34. The summed E-state index contributed by atoms with van der Waals surface area (Å²) in [4.78, 5) is 11.0. The minimum atomic E-state index is -0.0402. The molecule has 0 atom stereocenters. The number of carbonyl (C=O) groups excluding carboxylic acids is 1. The summed E-state index contributed by atoms with van der Waals surface area (Å²) in [5.74, 6) is 1.93. The van der Waals surface area contributed by atoms with Crippen molar-refractivity contribution in [1.29, 1.82) is 0 Å². The number of nitrogens with one attached hydrogen (secondary N) is 1. The van der Waals surface area contributed by atoms with Crippen molar-refractivity contribution in [3.05, 3.63) is 59.7 Å². The Balaban J connectivity index is 1.60. The van der Waals surface area contributed by atoms with Crippen LogP contribution in [0.5, 0.6) is 11.5 Å². The Morgan fingerprint density at radius 3 is 2.35 bits per heavy atom. The molecule has 1 aliphatic rings. The van der Waals surface area contributed by atoms with E-state index in [1.165, 1.54) is 17.3 Å². The molecule has 1 aliphatic heterocycles. The monoisotopic (exact) mass is 325 g/mol. The zero-order valence-electron chi connectivity index (χ0n) is 12.5. The smallest absolute Gasteiger partial charge is 0.236 e. The van der Waals surface area contributed by atoms with Crippen molar-refractivity contribution in [2.45, 2.75) is 6.92 Å². The van der Waals surface area contributed by atoms with Crippen LogP contribution in [0.3, 0.4) is 0 Å². The van der Waals surface area contributed by atoms with E-state index >= 15 is 0 Å². The minimum absolute atomic E-state index is 0.0402. The molecule has 116 valence electrons. The number of aryl methyl sites for hydroxylation is 1. The first-order chi connectivity index (χ1) is 11.2. The minimum Gasteiger partial charge on any atom is -0.457 e. The van der Waals surface area contributed by atoms with E-state index in [1.807, 2.05) is 55.5 Å². The van der Waals surface area contributed by atoms with Crippen molar-refractivity contribution < 1.29 is 9.53 Å². The molecule has 5 nitrogen and oxygen atoms in total. The molecule has 3 rings (SSSR count). The highest BCUT2D eigenvalue weighted by Gasteiger charge is 2.15. The van der Waals surface area contributed by atoms with Crippen LogP contribution in [0, 0.1) is 6.92 Å². The first-order valence-electron chi connectivity index (χ1n) is 7.07. The molecule has 1 N–H and O–H groups in total. The van der Waals surface area contributed by atoms with Crippen LogP contribution in [0.2, 0.25) is 0 Å². The number of amidine groups is 1. The second-order valence-electron chi connectivity index (χ2n) is 4.97. The molecular weight excluding hydrogens is 310 g/mol. The zero-order valence-corrected chi connectivity index (χ0v) is 13.3. The first kappa shape index (κ1) is 15.3. The number of carbonyl (C=O) groups is 1. The van der Waals surface area contributed by atoms with Gasteiger partial charge in [0.1, 0.15) is 11.5 Å². The van der Waals surface area contributed by atoms with Crippen LogP contribution >= 0.6 is 11.8 Å². The van der Waals surface area contributed by atoms with E-state index < -0.39 is 0 Å². The van der Waals surface area contributed by atoms with Gasteiger partial charge in [0.15, 0.2) is 5.17 Å². The summed E-state index contributed by atoms with van der Waals surface area (Å²) >= 11 is 1.35. The topological polar surface area (TPSA) is 63.1 Å². The van der Waals surface area contributed by atoms with E-state index in [9.17, 15) is 4.79 Å². The lowest BCUT2D eigenvalue weighted by molar-refractivity contribution is -0.116. The maximum absolute atomic E-state index is 11.0. The summed E-state index contributed by atoms with van der Waals surface area (Å²) in [7, 11) is 0. The number of amides is 1. The zero-order chi connectivity index (χ0) is 16.1. The molecule has 6 heteroatoms. The Kier molecular flexibility index (Phi) is 4.73. The average molecular weight is 325 g/mol. The van der Waals surface area contributed by atoms with Gasteiger partial charge in [-0.1, -0.05) is 29.5 Å². The van der Waals surface area contributed by atoms with E-state index in [4.69, 9.17) is 4.74 Å². The van der Waals surface area contributed by atoms with Crippen LogP contribution in [-0.2, 0) is 4.79 Å². The van der Waals surface area contributed by atoms with Gasteiger partial charge >= 0.3 is 0 Å². The van der Waals surface area contributed by atoms with Gasteiger partial charge in [-0.2, -0.15) is 5.10 Å². The van der Waals surface area contributed by atoms with Gasteiger partial charge in [0.05, 0.1) is 12.0 Å². The molecule has 0 aromatic heterocycles. The third-order valence-corrected chi connectivity index (χ3v) is 3.94. The van der Waals surface area contributed by atoms with Crippen LogP contribution in [-0.4, -0.2) is 23.0 Å². The lowest BCUT2D eigenvalue weighted by Gasteiger charge is -2.05. The summed E-state index contributed by atoms with van der Waals surface area (Å²) in [6.07, 6.45) is 1.63. The van der Waals surface area contributed by atoms with E-state index in [0.29, 0.717) is 10.9 Å². The number of hydrogen-bond donors (Lipinski definition) is 1. The summed E-state index contributed by atoms with van der Waals surface area (Å²) < 4.78 is 5.76. The maximum atomic E-state index is 11.0. The molecular formula is C17H15N3O2S. The molecule has 23 heavy (non-hydrogen) atoms. The number of benzene rings is 2. The molecule has 0 spiro atoms. The quantitative estimate of drug-likeness (QED) is 0.693. The van der Waals surface area contributed by atoms with Gasteiger partial charge in [0.25, 0.3) is 0 Å². The lowest BCUT2D eigenvalue weighted by Crippen LogP contribution is -2.19. The van der Waals surface area contributed by atoms with E-state index in [0.717, 1.165) is 17.1 Å². The molecule has 1 amide bonds. The summed E-state index contributed by atoms with van der Waals surface area (Å²) in [6, 6.07) is 15.4. The van der Waals surface area contributed by atoms with Crippen molar-refractivity contribution in [1.82, 2.24) is 5.32 Å². The van der Waals surface area contributed by atoms with Gasteiger partial charge in [-0.15, -0.1) is 5.10 Å². The van der Waals surface area contributed by atoms with Crippen LogP contribution < -0.4 is 10.1 Å². The van der Waals surface area contributed by atoms with Gasteiger partial charge in [0, 0.05) is 0 Å². The Morgan fingerprint density at radius 1 is 1.09 bits per heavy atom. The fraction of sp³-hybridized carbons (Fsp3) is 0.118. The Hall–Kier alpha value is -2.60. The van der Waals surface area contributed by atoms with Gasteiger partial charge in [-0.05, 0) is 48.9 Å². The third kappa shape index (κ3) is 4.43. The van der Waals surface area contributed by atoms with Crippen molar-refractivity contribution in [2.24, 2.45) is 10.2 Å². The van der Waals surface area contributed by atoms with Gasteiger partial charge in [-0.3, -0.25) is 4.79 Å². The van der Waals surface area contributed by atoms with Gasteiger partial charge < -0.3 is 10.1 Å². The summed E-state index contributed by atoms with van der Waals surface area (Å²) in [6.45, 7) is 2.04. The Bertz CT molecular complexity index is 752. The van der Waals surface area contributed by atoms with Gasteiger partial charge in [-0.25, -0.2) is 0 Å². The van der Waals surface area contributed by atoms with Crippen molar-refractivity contribution in [3.63, 3.8) is 0 Å². The molecule has 1 saturated heterocycles. The molecule has 1 heterocycles. The largest absolute Gasteiger partial charge is 0.457 e. The molecule has 0 radical (unpaired) electrons. The summed E-state index contributed by atoms with van der Waals surface area (Å²) in [5.41, 5.74) is 2.10. The SMILES string of the molecule is Cc1ccc(Oc2ccc(C=NN=C3NC(=O)CS3)cc2)cc1. The summed E-state index contributed by atoms with van der Waals surface area (Å²) in [5, 5.41) is 11.1. The fourth-order valence-corrected chi connectivity index (χ4v) is 2.52. The van der Waals surface area contributed by atoms with E-state index in [-0.39, 0.29) is 5.91 Å². The number of ether oxygens (including phenoxy) is 1. The van der Waals surface area contributed by atoms with Crippen LogP contribution in [0.1, 0.15) is 11.1 Å². The molecule has 0 unspecified atom stereocenters. The lowest BCUT2D eigenvalue weighted by atomic mass is 10.2. The third-order valence-electron chi connectivity index (χ3n) is 3.08. The Labute approximate surface area is 138 Å². The predicted molar refractivity (Wildman–Crippen MR) is 93.3 cm³/mol. The van der Waals surface area contributed by atoms with Crippen molar-refractivity contribution in [3.8, 4) is 11.5 Å². The van der Waals surface area contributed by atoms with Crippen LogP contribution in [0.4, 0.5) is 0 Å². The molecule has 2 aromatic carbocycles.